The Hall–Kier alpha value is -0.610. The van der Waals surface area contributed by atoms with Crippen LogP contribution in [-0.4, -0.2) is 49.2 Å². The quantitative estimate of drug-likeness (QED) is 0.577. The van der Waals surface area contributed by atoms with Crippen LogP contribution >= 0.6 is 0 Å². The molecular formula is C8H16N2O2. The van der Waals surface area contributed by atoms with Gasteiger partial charge in [-0.05, 0) is 20.0 Å². The number of hydrogen-bond acceptors (Lipinski definition) is 3. The van der Waals surface area contributed by atoms with Crippen LogP contribution in [0.2, 0.25) is 0 Å². The second kappa shape index (κ2) is 4.42. The second-order valence-electron chi connectivity index (χ2n) is 3.26. The summed E-state index contributed by atoms with van der Waals surface area (Å²) in [5, 5.41) is 11.2. The van der Waals surface area contributed by atoms with Crippen molar-refractivity contribution in [2.45, 2.75) is 6.42 Å². The highest BCUT2D eigenvalue weighted by Gasteiger charge is 2.25. The number of carbonyl (C=O) groups is 1. The molecule has 1 unspecified atom stereocenters. The number of nitrogens with one attached hydrogen (secondary N) is 1. The van der Waals surface area contributed by atoms with Gasteiger partial charge in [-0.2, -0.15) is 0 Å². The molecule has 0 spiro atoms. The second-order valence-corrected chi connectivity index (χ2v) is 3.26. The van der Waals surface area contributed by atoms with Gasteiger partial charge in [-0.3, -0.25) is 4.79 Å². The van der Waals surface area contributed by atoms with Crippen molar-refractivity contribution in [2.24, 2.45) is 5.92 Å². The summed E-state index contributed by atoms with van der Waals surface area (Å²) < 4.78 is 0. The molecule has 4 heteroatoms. The van der Waals surface area contributed by atoms with E-state index in [2.05, 4.69) is 10.2 Å². The van der Waals surface area contributed by atoms with Crippen molar-refractivity contribution >= 4 is 5.91 Å². The Labute approximate surface area is 72.6 Å². The minimum absolute atomic E-state index is 0.0221. The zero-order chi connectivity index (χ0) is 8.97. The van der Waals surface area contributed by atoms with E-state index in [1.54, 1.807) is 0 Å². The molecule has 70 valence electrons. The summed E-state index contributed by atoms with van der Waals surface area (Å²) in [4.78, 5) is 13.4. The molecular weight excluding hydrogens is 156 g/mol. The first-order valence-electron chi connectivity index (χ1n) is 4.31. The molecule has 1 atom stereocenters. The lowest BCUT2D eigenvalue weighted by molar-refractivity contribution is -0.124. The average molecular weight is 172 g/mol. The monoisotopic (exact) mass is 172 g/mol. The Kier molecular flexibility index (Phi) is 3.49. The number of rotatable bonds is 3. The molecule has 1 aliphatic heterocycles. The molecule has 1 heterocycles. The minimum atomic E-state index is 0.0221. The largest absolute Gasteiger partial charge is 0.395 e. The van der Waals surface area contributed by atoms with E-state index >= 15 is 0 Å². The molecule has 0 aliphatic carbocycles. The number of aliphatic hydroxyl groups is 1. The van der Waals surface area contributed by atoms with E-state index in [-0.39, 0.29) is 18.4 Å². The van der Waals surface area contributed by atoms with Crippen molar-refractivity contribution in [3.8, 4) is 0 Å². The first kappa shape index (κ1) is 9.48. The molecule has 4 nitrogen and oxygen atoms in total. The van der Waals surface area contributed by atoms with Gasteiger partial charge in [-0.15, -0.1) is 0 Å². The molecule has 0 aromatic heterocycles. The van der Waals surface area contributed by atoms with Gasteiger partial charge in [0.05, 0.1) is 12.5 Å². The third-order valence-corrected chi connectivity index (χ3v) is 2.17. The van der Waals surface area contributed by atoms with Gasteiger partial charge in [-0.1, -0.05) is 0 Å². The lowest BCUT2D eigenvalue weighted by atomic mass is 10.1. The first-order valence-corrected chi connectivity index (χ1v) is 4.31. The molecule has 1 saturated heterocycles. The summed E-state index contributed by atoms with van der Waals surface area (Å²) in [7, 11) is 2.01. The van der Waals surface area contributed by atoms with Crippen LogP contribution in [-0.2, 0) is 4.79 Å². The van der Waals surface area contributed by atoms with Crippen LogP contribution in [0, 0.1) is 5.92 Å². The minimum Gasteiger partial charge on any atom is -0.395 e. The van der Waals surface area contributed by atoms with Crippen molar-refractivity contribution < 1.29 is 9.90 Å². The van der Waals surface area contributed by atoms with Crippen molar-refractivity contribution in [3.05, 3.63) is 0 Å². The molecule has 1 aliphatic rings. The molecule has 0 aromatic rings. The topological polar surface area (TPSA) is 52.6 Å². The van der Waals surface area contributed by atoms with Crippen LogP contribution in [0.4, 0.5) is 0 Å². The van der Waals surface area contributed by atoms with E-state index in [1.165, 1.54) is 0 Å². The van der Waals surface area contributed by atoms with Crippen LogP contribution in [0.1, 0.15) is 6.42 Å². The highest BCUT2D eigenvalue weighted by molar-refractivity contribution is 5.79. The molecule has 12 heavy (non-hydrogen) atoms. The lowest BCUT2D eigenvalue weighted by Gasteiger charge is -2.09. The summed E-state index contributed by atoms with van der Waals surface area (Å²) in [6.07, 6.45) is 0.938. The van der Waals surface area contributed by atoms with Gasteiger partial charge < -0.3 is 15.3 Å². The van der Waals surface area contributed by atoms with E-state index in [1.807, 2.05) is 7.05 Å². The van der Waals surface area contributed by atoms with Crippen LogP contribution in [0.5, 0.6) is 0 Å². The predicted molar refractivity (Wildman–Crippen MR) is 45.7 cm³/mol. The zero-order valence-electron chi connectivity index (χ0n) is 7.42. The maximum absolute atomic E-state index is 11.3. The number of hydrogen-bond donors (Lipinski definition) is 2. The standard InChI is InChI=1S/C8H16N2O2/c1-10-4-2-7(6-10)8(12)9-3-5-11/h7,11H,2-6H2,1H3,(H,9,12). The van der Waals surface area contributed by atoms with E-state index in [0.29, 0.717) is 6.54 Å². The Morgan fingerprint density at radius 2 is 2.50 bits per heavy atom. The van der Waals surface area contributed by atoms with Gasteiger partial charge in [0.25, 0.3) is 0 Å². The smallest absolute Gasteiger partial charge is 0.224 e. The lowest BCUT2D eigenvalue weighted by Crippen LogP contribution is -2.33. The van der Waals surface area contributed by atoms with Crippen molar-refractivity contribution in [3.63, 3.8) is 0 Å². The summed E-state index contributed by atoms with van der Waals surface area (Å²) in [5.41, 5.74) is 0. The average Bonchev–Trinajstić information content (AvgIpc) is 2.47. The number of carbonyl (C=O) groups excluding carboxylic acids is 1. The highest BCUT2D eigenvalue weighted by Crippen LogP contribution is 2.13. The summed E-state index contributed by atoms with van der Waals surface area (Å²) in [5.74, 6) is 0.204. The van der Waals surface area contributed by atoms with Gasteiger partial charge in [0.1, 0.15) is 0 Å². The predicted octanol–water partition coefficient (Wildman–Crippen LogP) is -0.953. The normalized spacial score (nSPS) is 24.3. The van der Waals surface area contributed by atoms with Gasteiger partial charge in [0, 0.05) is 13.1 Å². The maximum atomic E-state index is 11.3. The molecule has 0 aromatic carbocycles. The molecule has 0 radical (unpaired) electrons. The van der Waals surface area contributed by atoms with Gasteiger partial charge in [0.15, 0.2) is 0 Å². The van der Waals surface area contributed by atoms with E-state index < -0.39 is 0 Å². The van der Waals surface area contributed by atoms with Crippen molar-refractivity contribution in [1.82, 2.24) is 10.2 Å². The van der Waals surface area contributed by atoms with Crippen LogP contribution in [0.15, 0.2) is 0 Å². The number of aliphatic hydroxyl groups excluding tert-OH is 1. The Bertz CT molecular complexity index is 161. The summed E-state index contributed by atoms with van der Waals surface area (Å²) >= 11 is 0. The molecule has 1 fully saturated rings. The maximum Gasteiger partial charge on any atom is 0.224 e. The van der Waals surface area contributed by atoms with E-state index in [4.69, 9.17) is 5.11 Å². The third kappa shape index (κ3) is 2.46. The molecule has 0 bridgehead atoms. The molecule has 1 amide bonds. The fraction of sp³-hybridized carbons (Fsp3) is 0.875. The van der Waals surface area contributed by atoms with Gasteiger partial charge in [-0.25, -0.2) is 0 Å². The van der Waals surface area contributed by atoms with Crippen LogP contribution < -0.4 is 5.32 Å². The van der Waals surface area contributed by atoms with E-state index in [0.717, 1.165) is 19.5 Å². The molecule has 1 rings (SSSR count). The van der Waals surface area contributed by atoms with Gasteiger partial charge >= 0.3 is 0 Å². The number of nitrogens with zero attached hydrogens (tertiary/aromatic N) is 1. The first-order chi connectivity index (χ1) is 5.74. The van der Waals surface area contributed by atoms with E-state index in [9.17, 15) is 4.79 Å². The fourth-order valence-corrected chi connectivity index (χ4v) is 1.47. The third-order valence-electron chi connectivity index (χ3n) is 2.17. The van der Waals surface area contributed by atoms with Crippen LogP contribution in [0.25, 0.3) is 0 Å². The zero-order valence-corrected chi connectivity index (χ0v) is 7.42. The Morgan fingerprint density at radius 3 is 3.00 bits per heavy atom. The van der Waals surface area contributed by atoms with Crippen molar-refractivity contribution in [2.75, 3.05) is 33.3 Å². The molecule has 0 saturated carbocycles. The molecule has 2 N–H and O–H groups in total. The van der Waals surface area contributed by atoms with Gasteiger partial charge in [0.2, 0.25) is 5.91 Å². The Morgan fingerprint density at radius 1 is 1.75 bits per heavy atom. The fourth-order valence-electron chi connectivity index (χ4n) is 1.47. The summed E-state index contributed by atoms with van der Waals surface area (Å²) in [6, 6.07) is 0. The SMILES string of the molecule is CN1CCC(C(=O)NCCO)C1. The van der Waals surface area contributed by atoms with Crippen LogP contribution in [0.3, 0.4) is 0 Å². The number of likely N-dealkylation sites (tertiary alicyclic amines) is 1. The Balaban J connectivity index is 2.23. The number of amides is 1. The van der Waals surface area contributed by atoms with Crippen molar-refractivity contribution in [1.29, 1.82) is 0 Å². The highest BCUT2D eigenvalue weighted by atomic mass is 16.3. The summed E-state index contributed by atoms with van der Waals surface area (Å²) in [6.45, 7) is 2.24.